The molecule has 0 bridgehead atoms. The molecule has 2 N–H and O–H groups in total. The molecule has 1 aromatic heterocycles. The van der Waals surface area contributed by atoms with Crippen molar-refractivity contribution < 1.29 is 23.1 Å². The number of nitrogens with one attached hydrogen (secondary N) is 1. The molecule has 0 radical (unpaired) electrons. The Morgan fingerprint density at radius 2 is 2.00 bits per heavy atom. The molecule has 4 nitrogen and oxygen atoms in total. The Morgan fingerprint density at radius 1 is 1.42 bits per heavy atom. The van der Waals surface area contributed by atoms with Gasteiger partial charge in [-0.05, 0) is 19.1 Å². The summed E-state index contributed by atoms with van der Waals surface area (Å²) >= 11 is 11.2. The molecule has 0 aliphatic rings. The van der Waals surface area contributed by atoms with E-state index in [4.69, 9.17) is 28.3 Å². The van der Waals surface area contributed by atoms with Crippen molar-refractivity contribution in [2.24, 2.45) is 0 Å². The van der Waals surface area contributed by atoms with E-state index in [0.717, 1.165) is 0 Å². The van der Waals surface area contributed by atoms with E-state index >= 15 is 0 Å². The summed E-state index contributed by atoms with van der Waals surface area (Å²) in [5.74, 6) is -0.961. The molecule has 9 heteroatoms. The van der Waals surface area contributed by atoms with Gasteiger partial charge in [0.2, 0.25) is 0 Å². The van der Waals surface area contributed by atoms with Gasteiger partial charge < -0.3 is 10.4 Å². The van der Waals surface area contributed by atoms with Gasteiger partial charge in [0, 0.05) is 0 Å². The number of hydrogen-bond acceptors (Lipinski definition) is 3. The Morgan fingerprint density at radius 3 is 2.53 bits per heavy atom. The monoisotopic (exact) mass is 316 g/mol. The summed E-state index contributed by atoms with van der Waals surface area (Å²) in [4.78, 5) is 15.2. The number of amides is 1. The maximum atomic E-state index is 12.4. The van der Waals surface area contributed by atoms with Crippen molar-refractivity contribution in [3.63, 3.8) is 0 Å². The third-order valence-electron chi connectivity index (χ3n) is 2.23. The molecule has 0 fully saturated rings. The molecular formula is C10H9Cl2F3N2O2. The first-order valence-electron chi connectivity index (χ1n) is 4.94. The molecule has 1 aromatic rings. The van der Waals surface area contributed by atoms with Crippen LogP contribution in [0, 0.1) is 0 Å². The van der Waals surface area contributed by atoms with Crippen LogP contribution in [-0.4, -0.2) is 34.3 Å². The normalized spacial score (nSPS) is 14.9. The average Bonchev–Trinajstić information content (AvgIpc) is 2.28. The predicted molar refractivity (Wildman–Crippen MR) is 63.3 cm³/mol. The SMILES string of the molecule is CC(O)(CNC(=O)c1nc(Cl)ccc1Cl)C(F)(F)F. The molecule has 1 amide bonds. The highest BCUT2D eigenvalue weighted by Gasteiger charge is 2.49. The largest absolute Gasteiger partial charge is 0.418 e. The van der Waals surface area contributed by atoms with Gasteiger partial charge in [0.1, 0.15) is 10.8 Å². The van der Waals surface area contributed by atoms with Crippen molar-refractivity contribution in [1.82, 2.24) is 10.3 Å². The topological polar surface area (TPSA) is 62.2 Å². The van der Waals surface area contributed by atoms with Crippen LogP contribution in [0.4, 0.5) is 13.2 Å². The second kappa shape index (κ2) is 5.52. The van der Waals surface area contributed by atoms with Crippen LogP contribution in [0.5, 0.6) is 0 Å². The van der Waals surface area contributed by atoms with Crippen LogP contribution in [0.2, 0.25) is 10.2 Å². The molecule has 106 valence electrons. The summed E-state index contributed by atoms with van der Waals surface area (Å²) in [6.45, 7) is -0.486. The molecule has 19 heavy (non-hydrogen) atoms. The Balaban J connectivity index is 2.79. The van der Waals surface area contributed by atoms with E-state index in [-0.39, 0.29) is 15.9 Å². The fraction of sp³-hybridized carbons (Fsp3) is 0.400. The molecule has 1 atom stereocenters. The molecule has 0 saturated carbocycles. The second-order valence-electron chi connectivity index (χ2n) is 3.92. The van der Waals surface area contributed by atoms with Gasteiger partial charge in [-0.25, -0.2) is 4.98 Å². The smallest absolute Gasteiger partial charge is 0.379 e. The lowest BCUT2D eigenvalue weighted by molar-refractivity contribution is -0.249. The molecule has 0 spiro atoms. The fourth-order valence-electron chi connectivity index (χ4n) is 1.01. The minimum Gasteiger partial charge on any atom is -0.379 e. The number of rotatable bonds is 3. The standard InChI is InChI=1S/C10H9Cl2F3N2O2/c1-9(19,10(13,14)15)4-16-8(18)7-5(11)2-3-6(12)17-7/h2-3,19H,4H2,1H3,(H,16,18). The molecule has 0 aliphatic carbocycles. The number of aliphatic hydroxyl groups is 1. The van der Waals surface area contributed by atoms with E-state index in [1.54, 1.807) is 0 Å². The van der Waals surface area contributed by atoms with Gasteiger partial charge in [-0.2, -0.15) is 13.2 Å². The third-order valence-corrected chi connectivity index (χ3v) is 2.75. The lowest BCUT2D eigenvalue weighted by atomic mass is 10.1. The molecular weight excluding hydrogens is 308 g/mol. The molecule has 0 saturated heterocycles. The van der Waals surface area contributed by atoms with Crippen molar-refractivity contribution in [3.8, 4) is 0 Å². The number of aromatic nitrogens is 1. The van der Waals surface area contributed by atoms with E-state index in [9.17, 15) is 18.0 Å². The van der Waals surface area contributed by atoms with E-state index in [2.05, 4.69) is 4.98 Å². The summed E-state index contributed by atoms with van der Waals surface area (Å²) in [6.07, 6.45) is -4.87. The fourth-order valence-corrected chi connectivity index (χ4v) is 1.35. The second-order valence-corrected chi connectivity index (χ2v) is 4.71. The number of carbonyl (C=O) groups is 1. The maximum absolute atomic E-state index is 12.4. The minimum absolute atomic E-state index is 0.0304. The van der Waals surface area contributed by atoms with Crippen LogP contribution < -0.4 is 5.32 Å². The molecule has 1 heterocycles. The van der Waals surface area contributed by atoms with E-state index in [0.29, 0.717) is 6.92 Å². The van der Waals surface area contributed by atoms with Crippen molar-refractivity contribution in [2.45, 2.75) is 18.7 Å². The first-order valence-corrected chi connectivity index (χ1v) is 5.69. The minimum atomic E-state index is -4.87. The number of nitrogens with zero attached hydrogens (tertiary/aromatic N) is 1. The van der Waals surface area contributed by atoms with E-state index in [1.807, 2.05) is 5.32 Å². The van der Waals surface area contributed by atoms with Crippen LogP contribution in [0.3, 0.4) is 0 Å². The van der Waals surface area contributed by atoms with Crippen molar-refractivity contribution >= 4 is 29.1 Å². The van der Waals surface area contributed by atoms with Crippen molar-refractivity contribution in [1.29, 1.82) is 0 Å². The number of carbonyl (C=O) groups excluding carboxylic acids is 1. The zero-order chi connectivity index (χ0) is 14.8. The van der Waals surface area contributed by atoms with Gasteiger partial charge in [-0.3, -0.25) is 4.79 Å². The number of halogens is 5. The van der Waals surface area contributed by atoms with E-state index < -0.39 is 24.2 Å². The summed E-state index contributed by atoms with van der Waals surface area (Å²) in [5.41, 5.74) is -3.36. The highest BCUT2D eigenvalue weighted by atomic mass is 35.5. The average molecular weight is 317 g/mol. The molecule has 0 aliphatic heterocycles. The van der Waals surface area contributed by atoms with Gasteiger partial charge in [0.15, 0.2) is 5.60 Å². The van der Waals surface area contributed by atoms with Gasteiger partial charge in [0.25, 0.3) is 5.91 Å². The van der Waals surface area contributed by atoms with Crippen LogP contribution in [-0.2, 0) is 0 Å². The van der Waals surface area contributed by atoms with Crippen molar-refractivity contribution in [3.05, 3.63) is 28.0 Å². The summed E-state index contributed by atoms with van der Waals surface area (Å²) in [6, 6.07) is 2.61. The number of hydrogen-bond donors (Lipinski definition) is 2. The summed E-state index contributed by atoms with van der Waals surface area (Å²) < 4.78 is 37.1. The van der Waals surface area contributed by atoms with Crippen LogP contribution in [0.25, 0.3) is 0 Å². The molecule has 1 unspecified atom stereocenters. The maximum Gasteiger partial charge on any atom is 0.418 e. The number of alkyl halides is 3. The Labute approximate surface area is 116 Å². The highest BCUT2D eigenvalue weighted by Crippen LogP contribution is 2.29. The Kier molecular flexibility index (Phi) is 4.65. The third kappa shape index (κ3) is 3.95. The van der Waals surface area contributed by atoms with Crippen LogP contribution in [0.1, 0.15) is 17.4 Å². The lowest BCUT2D eigenvalue weighted by Gasteiger charge is -2.26. The quantitative estimate of drug-likeness (QED) is 0.842. The first kappa shape index (κ1) is 16.0. The lowest BCUT2D eigenvalue weighted by Crippen LogP contribution is -2.51. The van der Waals surface area contributed by atoms with Gasteiger partial charge in [-0.1, -0.05) is 23.2 Å². The van der Waals surface area contributed by atoms with E-state index in [1.165, 1.54) is 12.1 Å². The van der Waals surface area contributed by atoms with Crippen LogP contribution in [0.15, 0.2) is 12.1 Å². The van der Waals surface area contributed by atoms with Gasteiger partial charge >= 0.3 is 6.18 Å². The van der Waals surface area contributed by atoms with Gasteiger partial charge in [-0.15, -0.1) is 0 Å². The molecule has 0 aromatic carbocycles. The first-order chi connectivity index (χ1) is 8.54. The van der Waals surface area contributed by atoms with Gasteiger partial charge in [0.05, 0.1) is 11.6 Å². The zero-order valence-corrected chi connectivity index (χ0v) is 11.1. The summed E-state index contributed by atoms with van der Waals surface area (Å²) in [5, 5.41) is 11.0. The Bertz CT molecular complexity index is 492. The predicted octanol–water partition coefficient (Wildman–Crippen LogP) is 2.43. The van der Waals surface area contributed by atoms with Crippen molar-refractivity contribution in [2.75, 3.05) is 6.54 Å². The number of pyridine rings is 1. The summed E-state index contributed by atoms with van der Waals surface area (Å²) in [7, 11) is 0. The zero-order valence-electron chi connectivity index (χ0n) is 9.55. The highest BCUT2D eigenvalue weighted by molar-refractivity contribution is 6.34. The van der Waals surface area contributed by atoms with Crippen LogP contribution >= 0.6 is 23.2 Å². The molecule has 1 rings (SSSR count). The Hall–Kier alpha value is -1.05.